The van der Waals surface area contributed by atoms with Gasteiger partial charge in [-0.25, -0.2) is 9.78 Å². The van der Waals surface area contributed by atoms with Crippen molar-refractivity contribution in [1.29, 1.82) is 0 Å². The maximum absolute atomic E-state index is 13.1. The fraction of sp³-hybridized carbons (Fsp3) is 0.261. The van der Waals surface area contributed by atoms with E-state index < -0.39 is 18.0 Å². The Hall–Kier alpha value is -3.62. The van der Waals surface area contributed by atoms with E-state index in [9.17, 15) is 23.1 Å². The fourth-order valence-corrected chi connectivity index (χ4v) is 3.47. The van der Waals surface area contributed by atoms with Gasteiger partial charge in [-0.05, 0) is 56.7 Å². The van der Waals surface area contributed by atoms with Gasteiger partial charge in [0.05, 0.1) is 25.0 Å². The van der Waals surface area contributed by atoms with Gasteiger partial charge in [-0.15, -0.1) is 0 Å². The highest BCUT2D eigenvalue weighted by atomic mass is 19.4. The Morgan fingerprint density at radius 3 is 2.50 bits per heavy atom. The van der Waals surface area contributed by atoms with Crippen molar-refractivity contribution < 1.29 is 27.8 Å². The van der Waals surface area contributed by atoms with Crippen LogP contribution in [0.4, 0.5) is 23.7 Å². The molecule has 1 amide bonds. The Kier molecular flexibility index (Phi) is 6.38. The summed E-state index contributed by atoms with van der Waals surface area (Å²) in [4.78, 5) is 21.2. The lowest BCUT2D eigenvalue weighted by Crippen LogP contribution is -2.29. The molecule has 0 atom stereocenters. The Labute approximate surface area is 183 Å². The summed E-state index contributed by atoms with van der Waals surface area (Å²) in [5.41, 5.74) is 2.48. The Morgan fingerprint density at radius 2 is 1.88 bits per heavy atom. The third-order valence-corrected chi connectivity index (χ3v) is 5.00. The Bertz CT molecular complexity index is 1160. The molecule has 3 aromatic rings. The number of carbonyl (C=O) groups is 1. The molecule has 0 aliphatic rings. The van der Waals surface area contributed by atoms with Crippen LogP contribution in [0.1, 0.15) is 28.1 Å². The highest BCUT2D eigenvalue weighted by Gasteiger charge is 2.32. The van der Waals surface area contributed by atoms with Gasteiger partial charge in [0, 0.05) is 28.6 Å². The number of carboxylic acid groups (broad SMARTS) is 1. The first-order valence-corrected chi connectivity index (χ1v) is 9.67. The number of anilines is 1. The van der Waals surface area contributed by atoms with E-state index in [0.29, 0.717) is 33.8 Å². The van der Waals surface area contributed by atoms with Crippen LogP contribution in [0.3, 0.4) is 0 Å². The van der Waals surface area contributed by atoms with E-state index in [4.69, 9.17) is 4.74 Å². The lowest BCUT2D eigenvalue weighted by Gasteiger charge is -2.22. The topological polar surface area (TPSA) is 75.5 Å². The smallest absolute Gasteiger partial charge is 0.433 e. The van der Waals surface area contributed by atoms with Gasteiger partial charge in [0.1, 0.15) is 11.4 Å². The van der Waals surface area contributed by atoms with Gasteiger partial charge >= 0.3 is 12.3 Å². The molecule has 0 unspecified atom stereocenters. The first kappa shape index (κ1) is 23.1. The molecule has 0 aliphatic carbocycles. The number of halogens is 3. The number of hydrogen-bond donors (Lipinski definition) is 1. The van der Waals surface area contributed by atoms with Crippen LogP contribution in [0.25, 0.3) is 11.3 Å². The number of alkyl halides is 3. The van der Waals surface area contributed by atoms with Crippen LogP contribution in [-0.4, -0.2) is 28.3 Å². The summed E-state index contributed by atoms with van der Waals surface area (Å²) >= 11 is 0. The number of aryl methyl sites for hydroxylation is 2. The molecule has 6 nitrogen and oxygen atoms in total. The van der Waals surface area contributed by atoms with E-state index in [-0.39, 0.29) is 12.2 Å². The summed E-state index contributed by atoms with van der Waals surface area (Å²) < 4.78 is 44.6. The second-order valence-electron chi connectivity index (χ2n) is 7.38. The van der Waals surface area contributed by atoms with Crippen LogP contribution in [0, 0.1) is 20.8 Å². The van der Waals surface area contributed by atoms with Crippen LogP contribution in [-0.2, 0) is 12.7 Å². The van der Waals surface area contributed by atoms with Crippen molar-refractivity contribution in [2.24, 2.45) is 0 Å². The number of amides is 1. The van der Waals surface area contributed by atoms with Crippen LogP contribution in [0.15, 0.2) is 42.6 Å². The lowest BCUT2D eigenvalue weighted by atomic mass is 10.1. The number of nitrogens with zero attached hydrogens (tertiary/aromatic N) is 3. The molecule has 3 rings (SSSR count). The number of benzene rings is 1. The molecule has 32 heavy (non-hydrogen) atoms. The normalized spacial score (nSPS) is 11.3. The van der Waals surface area contributed by atoms with Gasteiger partial charge in [-0.3, -0.25) is 9.88 Å². The van der Waals surface area contributed by atoms with E-state index in [1.807, 2.05) is 6.92 Å². The predicted octanol–water partition coefficient (Wildman–Crippen LogP) is 5.78. The minimum absolute atomic E-state index is 0.0588. The molecule has 1 N–H and O–H groups in total. The van der Waals surface area contributed by atoms with Crippen molar-refractivity contribution in [3.8, 4) is 17.0 Å². The molecular weight excluding hydrogens is 423 g/mol. The number of pyridine rings is 2. The molecule has 0 radical (unpaired) electrons. The summed E-state index contributed by atoms with van der Waals surface area (Å²) in [6.45, 7) is 5.31. The summed E-state index contributed by atoms with van der Waals surface area (Å²) in [5, 5.41) is 9.87. The molecule has 1 aromatic carbocycles. The van der Waals surface area contributed by atoms with Gasteiger partial charge in [-0.2, -0.15) is 13.2 Å². The molecule has 2 aromatic heterocycles. The quantitative estimate of drug-likeness (QED) is 0.539. The summed E-state index contributed by atoms with van der Waals surface area (Å²) in [7, 11) is 1.53. The van der Waals surface area contributed by atoms with E-state index >= 15 is 0 Å². The van der Waals surface area contributed by atoms with Crippen molar-refractivity contribution in [2.45, 2.75) is 33.5 Å². The number of ether oxygens (including phenoxy) is 1. The molecule has 0 bridgehead atoms. The second-order valence-corrected chi connectivity index (χ2v) is 7.38. The first-order valence-electron chi connectivity index (χ1n) is 9.67. The lowest BCUT2D eigenvalue weighted by molar-refractivity contribution is -0.141. The van der Waals surface area contributed by atoms with Crippen molar-refractivity contribution in [3.63, 3.8) is 0 Å². The Balaban J connectivity index is 2.05. The maximum Gasteiger partial charge on any atom is 0.433 e. The number of rotatable bonds is 5. The van der Waals surface area contributed by atoms with Gasteiger partial charge in [0.15, 0.2) is 0 Å². The summed E-state index contributed by atoms with van der Waals surface area (Å²) in [6, 6.07) is 8.42. The highest BCUT2D eigenvalue weighted by molar-refractivity contribution is 5.87. The first-order chi connectivity index (χ1) is 15.0. The number of methoxy groups -OCH3 is 1. The van der Waals surface area contributed by atoms with E-state index in [1.165, 1.54) is 25.3 Å². The van der Waals surface area contributed by atoms with E-state index in [2.05, 4.69) is 9.97 Å². The second kappa shape index (κ2) is 8.86. The zero-order valence-corrected chi connectivity index (χ0v) is 18.0. The zero-order valence-electron chi connectivity index (χ0n) is 18.0. The van der Waals surface area contributed by atoms with Gasteiger partial charge in [0.2, 0.25) is 0 Å². The zero-order chi connectivity index (χ0) is 23.6. The van der Waals surface area contributed by atoms with Crippen molar-refractivity contribution in [2.75, 3.05) is 12.0 Å². The summed E-state index contributed by atoms with van der Waals surface area (Å²) in [5.74, 6) is 0.624. The molecular formula is C23H22F3N3O3. The highest BCUT2D eigenvalue weighted by Crippen LogP contribution is 2.32. The van der Waals surface area contributed by atoms with E-state index in [0.717, 1.165) is 16.5 Å². The molecule has 0 aliphatic heterocycles. The fourth-order valence-electron chi connectivity index (χ4n) is 3.47. The van der Waals surface area contributed by atoms with Gasteiger partial charge in [-0.1, -0.05) is 6.07 Å². The van der Waals surface area contributed by atoms with E-state index in [1.54, 1.807) is 32.2 Å². The van der Waals surface area contributed by atoms with Gasteiger partial charge < -0.3 is 9.84 Å². The molecule has 0 saturated heterocycles. The monoisotopic (exact) mass is 445 g/mol. The van der Waals surface area contributed by atoms with Crippen molar-refractivity contribution in [1.82, 2.24) is 9.97 Å². The largest absolute Gasteiger partial charge is 0.496 e. The summed E-state index contributed by atoms with van der Waals surface area (Å²) in [6.07, 6.45) is -4.20. The van der Waals surface area contributed by atoms with Crippen LogP contribution >= 0.6 is 0 Å². The van der Waals surface area contributed by atoms with Crippen LogP contribution in [0.5, 0.6) is 5.75 Å². The minimum Gasteiger partial charge on any atom is -0.496 e. The Morgan fingerprint density at radius 1 is 1.16 bits per heavy atom. The molecule has 0 saturated carbocycles. The standard InChI is InChI=1S/C23H22F3N3O3/c1-13-8-16(18-6-5-7-20(28-18)23(24,25)26)10-17(9-13)29(22(30)31)12-19-15(3)21(32-4)14(2)11-27-19/h5-11H,12H2,1-4H3,(H,30,31). The van der Waals surface area contributed by atoms with Crippen molar-refractivity contribution in [3.05, 3.63) is 70.7 Å². The average Bonchev–Trinajstić information content (AvgIpc) is 2.72. The molecule has 2 heterocycles. The molecule has 0 fully saturated rings. The third kappa shape index (κ3) is 4.82. The number of aromatic nitrogens is 2. The van der Waals surface area contributed by atoms with Gasteiger partial charge in [0.25, 0.3) is 0 Å². The van der Waals surface area contributed by atoms with Crippen LogP contribution < -0.4 is 9.64 Å². The SMILES string of the molecule is COc1c(C)cnc(CN(C(=O)O)c2cc(C)cc(-c3cccc(C(F)(F)F)n3)c2)c1C. The average molecular weight is 445 g/mol. The third-order valence-electron chi connectivity index (χ3n) is 5.00. The maximum atomic E-state index is 13.1. The minimum atomic E-state index is -4.58. The molecule has 9 heteroatoms. The number of hydrogen-bond acceptors (Lipinski definition) is 4. The van der Waals surface area contributed by atoms with Crippen molar-refractivity contribution >= 4 is 11.8 Å². The van der Waals surface area contributed by atoms with Crippen LogP contribution in [0.2, 0.25) is 0 Å². The predicted molar refractivity (Wildman–Crippen MR) is 114 cm³/mol. The molecule has 168 valence electrons. The molecule has 0 spiro atoms.